The monoisotopic (exact) mass is 1300 g/mol. The Kier molecular flexibility index (Phi) is 16.1. The Morgan fingerprint density at radius 3 is 1.73 bits per heavy atom. The van der Waals surface area contributed by atoms with Crippen LogP contribution in [0.4, 0.5) is 13.2 Å². The van der Waals surface area contributed by atoms with Gasteiger partial charge in [-0.1, -0.05) is 61.9 Å². The number of aliphatic carboxylic acids is 3. The normalized spacial score (nSPS) is 28.7. The van der Waals surface area contributed by atoms with Gasteiger partial charge in [-0.3, -0.25) is 29.5 Å². The zero-order valence-electron chi connectivity index (χ0n) is 49.5. The van der Waals surface area contributed by atoms with Crippen LogP contribution in [0, 0.1) is 79.8 Å². The molecule has 0 spiro atoms. The maximum atomic E-state index is 16.9. The first-order valence-corrected chi connectivity index (χ1v) is 31.7. The second-order valence-corrected chi connectivity index (χ2v) is 27.4. The first-order valence-electron chi connectivity index (χ1n) is 29.0. The standard InChI is InChI=1S/C65H60F3N9O11S3/c1-7-20-87-60(86)64(22-33-16-17-33)51(42-28-90-48-35(24-70)11-9-13-37(42)48)62(6,59(85)88-58(84)61(5)30(3)75-55(73)63(57(82)83,21-32-14-15-32)50(61)41-27-89-47-34(23-69)10-8-12-36(41)47)31(4)77(56(64)74)76-29(2)44(53(78)79)45(46(52(76)72)54(80)81)40-26-91-49-38(40)18-19-43(39(49)25-71)65(66,67)68/h1,8-13,18-19,26-28,30-33,45,50-51,55-56,75H,14-17,20-22,72-74H2,2-6H3,(H,78,79)(H,80,81)(H,82,83). The number of nitrogens with zero attached hydrogens (tertiary/aromatic N) is 5. The molecular weight excluding hydrogens is 1240 g/mol. The van der Waals surface area contributed by atoms with Crippen molar-refractivity contribution >= 4 is 100 Å². The van der Waals surface area contributed by atoms with Crippen molar-refractivity contribution in [3.63, 3.8) is 0 Å². The summed E-state index contributed by atoms with van der Waals surface area (Å²) in [6, 6.07) is 14.7. The van der Waals surface area contributed by atoms with Gasteiger partial charge in [0, 0.05) is 29.6 Å². The van der Waals surface area contributed by atoms with Gasteiger partial charge in [0.1, 0.15) is 34.9 Å². The molecule has 26 heteroatoms. The number of alkyl halides is 3. The van der Waals surface area contributed by atoms with E-state index < -0.39 is 141 Å². The number of carboxylic acids is 3. The summed E-state index contributed by atoms with van der Waals surface area (Å²) >= 11 is 2.92. The largest absolute Gasteiger partial charge is 0.481 e. The molecule has 2 saturated heterocycles. The van der Waals surface area contributed by atoms with E-state index in [2.05, 4.69) is 23.4 Å². The first kappa shape index (κ1) is 63.9. The molecule has 11 unspecified atom stereocenters. The van der Waals surface area contributed by atoms with Crippen LogP contribution in [0.15, 0.2) is 87.3 Å². The molecule has 0 radical (unpaired) electrons. The summed E-state index contributed by atoms with van der Waals surface area (Å²) in [6.45, 7) is 6.54. The topological polar surface area (TPSA) is 350 Å². The number of benzene rings is 3. The number of nitrogens with one attached hydrogen (secondary N) is 1. The summed E-state index contributed by atoms with van der Waals surface area (Å²) in [4.78, 5) is 92.0. The lowest BCUT2D eigenvalue weighted by Gasteiger charge is -2.63. The third kappa shape index (κ3) is 9.56. The molecule has 6 aromatic rings. The van der Waals surface area contributed by atoms with Gasteiger partial charge in [-0.25, -0.2) is 9.59 Å². The Labute approximate surface area is 530 Å². The number of ether oxygens (including phenoxy) is 2. The number of carbonyl (C=O) groups excluding carboxylic acids is 3. The Morgan fingerprint density at radius 2 is 1.23 bits per heavy atom. The second kappa shape index (κ2) is 22.9. The number of hydrazine groups is 1. The number of piperidine rings is 2. The number of thiophene rings is 3. The van der Waals surface area contributed by atoms with Crippen LogP contribution in [-0.2, 0) is 44.4 Å². The molecule has 5 aliphatic rings. The van der Waals surface area contributed by atoms with Crippen molar-refractivity contribution in [2.24, 2.45) is 50.7 Å². The van der Waals surface area contributed by atoms with Crippen LogP contribution < -0.4 is 22.5 Å². The minimum atomic E-state index is -4.99. The van der Waals surface area contributed by atoms with Crippen LogP contribution in [0.3, 0.4) is 0 Å². The molecule has 11 rings (SSSR count). The number of nitrogens with two attached hydrogens (primary N) is 3. The molecule has 10 N–H and O–H groups in total. The lowest BCUT2D eigenvalue weighted by molar-refractivity contribution is -0.221. The van der Waals surface area contributed by atoms with Crippen LogP contribution in [0.1, 0.15) is 130 Å². The second-order valence-electron chi connectivity index (χ2n) is 24.7. The average molecular weight is 1300 g/mol. The predicted octanol–water partition coefficient (Wildman–Crippen LogP) is 9.64. The number of terminal acetylenes is 1. The number of carboxylic acid groups (broad SMARTS) is 3. The third-order valence-corrected chi connectivity index (χ3v) is 23.2. The van der Waals surface area contributed by atoms with Gasteiger partial charge < -0.3 is 42.0 Å². The van der Waals surface area contributed by atoms with Crippen molar-refractivity contribution < 1.29 is 66.7 Å². The van der Waals surface area contributed by atoms with Gasteiger partial charge >= 0.3 is 42.0 Å². The number of allylic oxidation sites excluding steroid dienone is 1. The lowest BCUT2D eigenvalue weighted by atomic mass is 9.51. The highest BCUT2D eigenvalue weighted by molar-refractivity contribution is 7.18. The first-order chi connectivity index (χ1) is 43.1. The van der Waals surface area contributed by atoms with Crippen molar-refractivity contribution in [3.8, 4) is 30.6 Å². The third-order valence-electron chi connectivity index (χ3n) is 20.1. The van der Waals surface area contributed by atoms with Crippen molar-refractivity contribution in [2.75, 3.05) is 6.61 Å². The fraction of sp³-hybridized carbons (Fsp3) is 0.400. The van der Waals surface area contributed by atoms with Crippen molar-refractivity contribution in [3.05, 3.63) is 126 Å². The number of hydrogen-bond donors (Lipinski definition) is 7. The Bertz CT molecular complexity index is 4350. The zero-order valence-corrected chi connectivity index (χ0v) is 52.0. The zero-order chi connectivity index (χ0) is 65.9. The number of halogens is 3. The minimum Gasteiger partial charge on any atom is -0.481 e. The number of rotatable bonds is 15. The van der Waals surface area contributed by atoms with E-state index in [0.717, 1.165) is 33.7 Å². The summed E-state index contributed by atoms with van der Waals surface area (Å²) in [5.41, 5.74) is 10.2. The number of hydrogen-bond acceptors (Lipinski definition) is 20. The Hall–Kier alpha value is -8.70. The van der Waals surface area contributed by atoms with Crippen molar-refractivity contribution in [1.29, 1.82) is 15.8 Å². The molecule has 0 bridgehead atoms. The molecule has 0 amide bonds. The highest BCUT2D eigenvalue weighted by atomic mass is 32.1. The molecule has 4 fully saturated rings. The molecule has 3 aliphatic heterocycles. The number of fused-ring (bicyclic) bond motifs is 3. The smallest absolute Gasteiger partial charge is 0.417 e. The predicted molar refractivity (Wildman–Crippen MR) is 328 cm³/mol. The van der Waals surface area contributed by atoms with Crippen LogP contribution in [0.2, 0.25) is 0 Å². The average Bonchev–Trinajstić information content (AvgIpc) is 1.65. The fourth-order valence-corrected chi connectivity index (χ4v) is 18.3. The highest BCUT2D eigenvalue weighted by Gasteiger charge is 2.73. The van der Waals surface area contributed by atoms with Gasteiger partial charge in [-0.05, 0) is 126 Å². The summed E-state index contributed by atoms with van der Waals surface area (Å²) in [7, 11) is 0. The van der Waals surface area contributed by atoms with E-state index in [-0.39, 0.29) is 62.7 Å². The number of nitriles is 3. The summed E-state index contributed by atoms with van der Waals surface area (Å²) < 4.78 is 56.2. The van der Waals surface area contributed by atoms with E-state index in [0.29, 0.717) is 68.8 Å². The summed E-state index contributed by atoms with van der Waals surface area (Å²) in [5.74, 6) is -12.3. The van der Waals surface area contributed by atoms with Crippen molar-refractivity contribution in [2.45, 2.75) is 121 Å². The van der Waals surface area contributed by atoms with Crippen LogP contribution in [-0.4, -0.2) is 92.2 Å². The van der Waals surface area contributed by atoms with Gasteiger partial charge in [-0.2, -0.15) is 34.0 Å². The molecule has 6 heterocycles. The fourth-order valence-electron chi connectivity index (χ4n) is 15.1. The summed E-state index contributed by atoms with van der Waals surface area (Å²) in [5, 5.41) is 76.1. The quantitative estimate of drug-likeness (QED) is 0.0286. The van der Waals surface area contributed by atoms with Gasteiger partial charge in [0.2, 0.25) is 0 Å². The van der Waals surface area contributed by atoms with Crippen LogP contribution in [0.5, 0.6) is 0 Å². The van der Waals surface area contributed by atoms with E-state index >= 15 is 14.4 Å². The van der Waals surface area contributed by atoms with E-state index in [1.807, 2.05) is 0 Å². The molecule has 2 saturated carbocycles. The Morgan fingerprint density at radius 1 is 0.725 bits per heavy atom. The molecule has 2 aliphatic carbocycles. The summed E-state index contributed by atoms with van der Waals surface area (Å²) in [6.07, 6.45) is -0.212. The van der Waals surface area contributed by atoms with Crippen molar-refractivity contribution in [1.82, 2.24) is 15.3 Å². The molecule has 3 aromatic carbocycles. The lowest BCUT2D eigenvalue weighted by Crippen LogP contribution is -2.76. The van der Waals surface area contributed by atoms with Gasteiger partial charge in [0.05, 0.1) is 76.6 Å². The molecule has 20 nitrogen and oxygen atoms in total. The molecule has 11 atom stereocenters. The van der Waals surface area contributed by atoms with E-state index in [1.54, 1.807) is 60.2 Å². The minimum absolute atomic E-state index is 0.0132. The number of esters is 3. The Balaban J connectivity index is 1.16. The number of carbonyl (C=O) groups is 6. The molecule has 91 heavy (non-hydrogen) atoms. The van der Waals surface area contributed by atoms with Crippen LogP contribution >= 0.6 is 34.0 Å². The van der Waals surface area contributed by atoms with Gasteiger partial charge in [-0.15, -0.1) is 40.4 Å². The van der Waals surface area contributed by atoms with E-state index in [9.17, 15) is 58.7 Å². The maximum Gasteiger partial charge on any atom is 0.417 e. The SMILES string of the molecule is C#CCOC(=O)C1(CC2CC2)C(N)N(N2C(C)=C(C(=O)O)C(c3csc4c(C#N)c(C(F)(F)F)ccc34)C(C(=O)O)=C2N)C(C)C(C)(C(=O)OC(=O)C2(C)C(C)NC(N)C(CC3CC3)(C(=O)O)C2c2csc3c(C#N)cccc23)C1c1csc2c(C#N)cccc12. The highest BCUT2D eigenvalue weighted by Crippen LogP contribution is 2.66. The van der Waals surface area contributed by atoms with E-state index in [1.165, 1.54) is 38.1 Å². The van der Waals surface area contributed by atoms with Gasteiger partial charge in [0.15, 0.2) is 6.61 Å². The van der Waals surface area contributed by atoms with Gasteiger partial charge in [0.25, 0.3) is 0 Å². The maximum absolute atomic E-state index is 16.9. The molecule has 470 valence electrons. The van der Waals surface area contributed by atoms with Crippen LogP contribution in [0.25, 0.3) is 30.3 Å². The van der Waals surface area contributed by atoms with E-state index in [4.69, 9.17) is 33.1 Å². The molecule has 3 aromatic heterocycles. The molecular formula is C65H60F3N9O11S3.